The first-order valence-electron chi connectivity index (χ1n) is 8.94. The molecule has 28 heavy (non-hydrogen) atoms. The Morgan fingerprint density at radius 3 is 2.43 bits per heavy atom. The summed E-state index contributed by atoms with van der Waals surface area (Å²) in [5, 5.41) is 10.2. The minimum Gasteiger partial charge on any atom is -0.462 e. The van der Waals surface area contributed by atoms with Crippen LogP contribution in [0.5, 0.6) is 0 Å². The molecule has 0 atom stereocenters. The fourth-order valence-corrected chi connectivity index (χ4v) is 3.68. The van der Waals surface area contributed by atoms with Gasteiger partial charge in [-0.3, -0.25) is 14.9 Å². The number of anilines is 1. The van der Waals surface area contributed by atoms with Gasteiger partial charge in [0, 0.05) is 18.0 Å². The van der Waals surface area contributed by atoms with E-state index in [0.717, 1.165) is 22.3 Å². The van der Waals surface area contributed by atoms with Gasteiger partial charge in [0.25, 0.3) is 0 Å². The average molecular weight is 404 g/mol. The number of carbonyl (C=O) groups excluding carboxylic acids is 3. The van der Waals surface area contributed by atoms with Crippen LogP contribution < -0.4 is 16.0 Å². The largest absolute Gasteiger partial charge is 0.462 e. The van der Waals surface area contributed by atoms with Crippen molar-refractivity contribution >= 4 is 34.1 Å². The Kier molecular flexibility index (Phi) is 7.71. The monoisotopic (exact) mass is 403 g/mol. The van der Waals surface area contributed by atoms with Crippen molar-refractivity contribution in [3.8, 4) is 11.1 Å². The maximum Gasteiger partial charge on any atom is 0.341 e. The molecule has 0 unspecified atom stereocenters. The second-order valence-electron chi connectivity index (χ2n) is 6.22. The normalized spacial score (nSPS) is 10.4. The molecule has 0 spiro atoms. The van der Waals surface area contributed by atoms with Crippen LogP contribution in [0.4, 0.5) is 5.00 Å². The molecule has 150 valence electrons. The molecular weight excluding hydrogens is 378 g/mol. The van der Waals surface area contributed by atoms with E-state index in [1.807, 2.05) is 37.4 Å². The van der Waals surface area contributed by atoms with E-state index < -0.39 is 5.97 Å². The third kappa shape index (κ3) is 5.40. The summed E-state index contributed by atoms with van der Waals surface area (Å²) in [5.74, 6) is -1.04. The molecule has 0 saturated heterocycles. The third-order valence-corrected chi connectivity index (χ3v) is 4.94. The molecule has 1 heterocycles. The minimum atomic E-state index is -0.479. The van der Waals surface area contributed by atoms with Gasteiger partial charge in [0.05, 0.1) is 19.7 Å². The molecular formula is C20H25N3O4S. The maximum atomic E-state index is 12.6. The molecule has 0 aliphatic rings. The van der Waals surface area contributed by atoms with Crippen molar-refractivity contribution in [3.63, 3.8) is 0 Å². The van der Waals surface area contributed by atoms with Crippen LogP contribution in [0.2, 0.25) is 0 Å². The van der Waals surface area contributed by atoms with Crippen molar-refractivity contribution in [2.75, 3.05) is 32.1 Å². The molecule has 2 amide bonds. The minimum absolute atomic E-state index is 0.0346. The number of amides is 2. The second-order valence-corrected chi connectivity index (χ2v) is 7.10. The van der Waals surface area contributed by atoms with Crippen molar-refractivity contribution in [1.82, 2.24) is 10.6 Å². The zero-order valence-electron chi connectivity index (χ0n) is 16.5. The van der Waals surface area contributed by atoms with Crippen molar-refractivity contribution in [2.24, 2.45) is 0 Å². The van der Waals surface area contributed by atoms with E-state index in [4.69, 9.17) is 4.74 Å². The first-order valence-corrected chi connectivity index (χ1v) is 9.82. The Morgan fingerprint density at radius 1 is 1.07 bits per heavy atom. The SMILES string of the molecule is CCOC(=O)c1c(-c2ccc(C)cc2C)csc1NC(=O)CNCC(=O)NC. The summed E-state index contributed by atoms with van der Waals surface area (Å²) in [6, 6.07) is 5.99. The quantitative estimate of drug-likeness (QED) is 0.589. The van der Waals surface area contributed by atoms with E-state index in [1.165, 1.54) is 18.4 Å². The van der Waals surface area contributed by atoms with Gasteiger partial charge in [-0.2, -0.15) is 0 Å². The van der Waals surface area contributed by atoms with Crippen LogP contribution in [0, 0.1) is 13.8 Å². The van der Waals surface area contributed by atoms with E-state index in [0.29, 0.717) is 10.6 Å². The average Bonchev–Trinajstić information content (AvgIpc) is 3.04. The lowest BCUT2D eigenvalue weighted by Gasteiger charge is -2.11. The number of benzene rings is 1. The molecule has 0 saturated carbocycles. The molecule has 2 rings (SSSR count). The molecule has 0 bridgehead atoms. The van der Waals surface area contributed by atoms with Crippen molar-refractivity contribution in [3.05, 3.63) is 40.3 Å². The number of thiophene rings is 1. The first-order chi connectivity index (χ1) is 13.4. The molecule has 3 N–H and O–H groups in total. The van der Waals surface area contributed by atoms with Crippen molar-refractivity contribution in [1.29, 1.82) is 0 Å². The maximum absolute atomic E-state index is 12.6. The zero-order chi connectivity index (χ0) is 20.7. The van der Waals surface area contributed by atoms with Gasteiger partial charge in [-0.15, -0.1) is 11.3 Å². The van der Waals surface area contributed by atoms with Crippen LogP contribution in [-0.4, -0.2) is 44.5 Å². The predicted octanol–water partition coefficient (Wildman–Crippen LogP) is 2.48. The number of hydrogen-bond donors (Lipinski definition) is 3. The highest BCUT2D eigenvalue weighted by atomic mass is 32.1. The van der Waals surface area contributed by atoms with Crippen LogP contribution in [-0.2, 0) is 14.3 Å². The Labute approximate surface area is 168 Å². The highest BCUT2D eigenvalue weighted by Gasteiger charge is 2.23. The summed E-state index contributed by atoms with van der Waals surface area (Å²) >= 11 is 1.27. The topological polar surface area (TPSA) is 96.5 Å². The molecule has 1 aromatic carbocycles. The van der Waals surface area contributed by atoms with Gasteiger partial charge < -0.3 is 15.4 Å². The van der Waals surface area contributed by atoms with Crippen LogP contribution in [0.15, 0.2) is 23.6 Å². The molecule has 8 heteroatoms. The summed E-state index contributed by atoms with van der Waals surface area (Å²) in [7, 11) is 1.52. The highest BCUT2D eigenvalue weighted by molar-refractivity contribution is 7.15. The lowest BCUT2D eigenvalue weighted by Crippen LogP contribution is -2.36. The van der Waals surface area contributed by atoms with Gasteiger partial charge in [0.15, 0.2) is 0 Å². The van der Waals surface area contributed by atoms with Crippen LogP contribution in [0.25, 0.3) is 11.1 Å². The number of hydrogen-bond acceptors (Lipinski definition) is 6. The summed E-state index contributed by atoms with van der Waals surface area (Å²) in [4.78, 5) is 36.0. The zero-order valence-corrected chi connectivity index (χ0v) is 17.3. The molecule has 0 fully saturated rings. The van der Waals surface area contributed by atoms with E-state index in [9.17, 15) is 14.4 Å². The van der Waals surface area contributed by atoms with E-state index >= 15 is 0 Å². The van der Waals surface area contributed by atoms with Crippen molar-refractivity contribution in [2.45, 2.75) is 20.8 Å². The van der Waals surface area contributed by atoms with Gasteiger partial charge in [-0.25, -0.2) is 4.79 Å². The fraction of sp³-hybridized carbons (Fsp3) is 0.350. The molecule has 0 radical (unpaired) electrons. The number of likely N-dealkylation sites (N-methyl/N-ethyl adjacent to an activating group) is 1. The summed E-state index contributed by atoms with van der Waals surface area (Å²) in [6.07, 6.45) is 0. The van der Waals surface area contributed by atoms with E-state index in [2.05, 4.69) is 16.0 Å². The Morgan fingerprint density at radius 2 is 1.79 bits per heavy atom. The Balaban J connectivity index is 2.27. The third-order valence-electron chi connectivity index (χ3n) is 4.05. The van der Waals surface area contributed by atoms with Gasteiger partial charge in [-0.05, 0) is 31.9 Å². The number of aryl methyl sites for hydroxylation is 2. The smallest absolute Gasteiger partial charge is 0.341 e. The predicted molar refractivity (Wildman–Crippen MR) is 111 cm³/mol. The number of esters is 1. The Bertz CT molecular complexity index is 876. The Hall–Kier alpha value is -2.71. The van der Waals surface area contributed by atoms with Crippen LogP contribution >= 0.6 is 11.3 Å². The van der Waals surface area contributed by atoms with Crippen molar-refractivity contribution < 1.29 is 19.1 Å². The lowest BCUT2D eigenvalue weighted by atomic mass is 9.97. The van der Waals surface area contributed by atoms with Crippen LogP contribution in [0.3, 0.4) is 0 Å². The number of carbonyl (C=O) groups is 3. The summed E-state index contributed by atoms with van der Waals surface area (Å²) < 4.78 is 5.21. The second kappa shape index (κ2) is 10.0. The fourth-order valence-electron chi connectivity index (χ4n) is 2.72. The van der Waals surface area contributed by atoms with Gasteiger partial charge >= 0.3 is 5.97 Å². The highest BCUT2D eigenvalue weighted by Crippen LogP contribution is 2.37. The first kappa shape index (κ1) is 21.6. The molecule has 0 aliphatic heterocycles. The molecule has 0 aliphatic carbocycles. The summed E-state index contributed by atoms with van der Waals surface area (Å²) in [6.45, 7) is 5.95. The number of ether oxygens (including phenoxy) is 1. The molecule has 1 aromatic heterocycles. The summed E-state index contributed by atoms with van der Waals surface area (Å²) in [5.41, 5.74) is 4.16. The van der Waals surface area contributed by atoms with Gasteiger partial charge in [-0.1, -0.05) is 23.8 Å². The molecule has 2 aromatic rings. The lowest BCUT2D eigenvalue weighted by molar-refractivity contribution is -0.120. The van der Waals surface area contributed by atoms with Gasteiger partial charge in [0.2, 0.25) is 11.8 Å². The number of rotatable bonds is 8. The van der Waals surface area contributed by atoms with E-state index in [-0.39, 0.29) is 31.5 Å². The van der Waals surface area contributed by atoms with Gasteiger partial charge in [0.1, 0.15) is 10.6 Å². The van der Waals surface area contributed by atoms with E-state index in [1.54, 1.807) is 6.92 Å². The van der Waals surface area contributed by atoms with Crippen LogP contribution in [0.1, 0.15) is 28.4 Å². The molecule has 7 nitrogen and oxygen atoms in total. The number of nitrogens with one attached hydrogen (secondary N) is 3. The standard InChI is InChI=1S/C20H25N3O4S/c1-5-27-20(26)18-15(14-7-6-12(2)8-13(14)3)11-28-19(18)23-17(25)10-22-9-16(24)21-4/h6-8,11,22H,5,9-10H2,1-4H3,(H,21,24)(H,23,25).